The number of carbonyl (C=O) groups is 3. The molecule has 0 aromatic carbocycles. The van der Waals surface area contributed by atoms with Gasteiger partial charge in [0.15, 0.2) is 0 Å². The van der Waals surface area contributed by atoms with E-state index < -0.39 is 35.8 Å². The fourth-order valence-electron chi connectivity index (χ4n) is 2.06. The average molecular weight is 329 g/mol. The van der Waals surface area contributed by atoms with Crippen LogP contribution in [0.25, 0.3) is 0 Å². The quantitative estimate of drug-likeness (QED) is 0.306. The smallest absolute Gasteiger partial charge is 0.243 e. The lowest BCUT2D eigenvalue weighted by Gasteiger charge is -2.23. The van der Waals surface area contributed by atoms with Crippen LogP contribution in [0.1, 0.15) is 46.5 Å². The minimum Gasteiger partial charge on any atom is -0.368 e. The van der Waals surface area contributed by atoms with Gasteiger partial charge in [0, 0.05) is 0 Å². The molecule has 0 saturated carbocycles. The number of nitrogens with two attached hydrogens (primary N) is 3. The highest BCUT2D eigenvalue weighted by atomic mass is 16.2. The maximum absolute atomic E-state index is 12.4. The van der Waals surface area contributed by atoms with Gasteiger partial charge in [0.2, 0.25) is 17.7 Å². The number of hydrogen-bond acceptors (Lipinski definition) is 5. The minimum atomic E-state index is -0.768. The van der Waals surface area contributed by atoms with Gasteiger partial charge in [-0.1, -0.05) is 13.8 Å². The first kappa shape index (κ1) is 21.3. The number of nitrogens with one attached hydrogen (secondary N) is 2. The molecule has 8 N–H and O–H groups in total. The van der Waals surface area contributed by atoms with Crippen molar-refractivity contribution in [3.05, 3.63) is 0 Å². The molecule has 0 aliphatic rings. The van der Waals surface area contributed by atoms with E-state index in [0.717, 1.165) is 6.42 Å². The van der Waals surface area contributed by atoms with Crippen LogP contribution < -0.4 is 27.8 Å². The zero-order chi connectivity index (χ0) is 18.0. The Morgan fingerprint density at radius 2 is 1.52 bits per heavy atom. The van der Waals surface area contributed by atoms with Gasteiger partial charge in [0.05, 0.1) is 6.04 Å². The lowest BCUT2D eigenvalue weighted by Crippen LogP contribution is -2.55. The van der Waals surface area contributed by atoms with E-state index in [4.69, 9.17) is 17.2 Å². The van der Waals surface area contributed by atoms with Gasteiger partial charge in [0.1, 0.15) is 12.1 Å². The van der Waals surface area contributed by atoms with Crippen LogP contribution in [0.5, 0.6) is 0 Å². The lowest BCUT2D eigenvalue weighted by atomic mass is 10.0. The van der Waals surface area contributed by atoms with Crippen LogP contribution in [0, 0.1) is 5.92 Å². The molecule has 23 heavy (non-hydrogen) atoms. The first-order chi connectivity index (χ1) is 10.7. The van der Waals surface area contributed by atoms with Gasteiger partial charge in [-0.25, -0.2) is 0 Å². The van der Waals surface area contributed by atoms with Crippen molar-refractivity contribution in [1.82, 2.24) is 10.6 Å². The van der Waals surface area contributed by atoms with Crippen LogP contribution in [-0.4, -0.2) is 42.4 Å². The summed E-state index contributed by atoms with van der Waals surface area (Å²) >= 11 is 0. The number of carbonyl (C=O) groups excluding carboxylic acids is 3. The second-order valence-electron chi connectivity index (χ2n) is 6.23. The van der Waals surface area contributed by atoms with E-state index >= 15 is 0 Å². The molecule has 3 unspecified atom stereocenters. The predicted octanol–water partition coefficient (Wildman–Crippen LogP) is -1.04. The third kappa shape index (κ3) is 9.14. The Kier molecular flexibility index (Phi) is 10.2. The largest absolute Gasteiger partial charge is 0.368 e. The summed E-state index contributed by atoms with van der Waals surface area (Å²) in [5.41, 5.74) is 16.3. The highest BCUT2D eigenvalue weighted by molar-refractivity contribution is 5.92. The van der Waals surface area contributed by atoms with Crippen LogP contribution in [0.2, 0.25) is 0 Å². The molecule has 0 rings (SSSR count). The maximum Gasteiger partial charge on any atom is 0.243 e. The van der Waals surface area contributed by atoms with Gasteiger partial charge in [-0.05, 0) is 45.1 Å². The molecule has 0 fully saturated rings. The normalized spacial score (nSPS) is 14.9. The molecule has 0 bridgehead atoms. The molecule has 3 amide bonds. The van der Waals surface area contributed by atoms with E-state index in [2.05, 4.69) is 10.6 Å². The van der Waals surface area contributed by atoms with Gasteiger partial charge in [-0.3, -0.25) is 14.4 Å². The first-order valence-corrected chi connectivity index (χ1v) is 8.04. The summed E-state index contributed by atoms with van der Waals surface area (Å²) < 4.78 is 0. The molecule has 0 aliphatic carbocycles. The van der Waals surface area contributed by atoms with E-state index in [9.17, 15) is 14.4 Å². The van der Waals surface area contributed by atoms with Gasteiger partial charge >= 0.3 is 0 Å². The molecule has 0 aromatic heterocycles. The van der Waals surface area contributed by atoms with Crippen molar-refractivity contribution >= 4 is 17.7 Å². The summed E-state index contributed by atoms with van der Waals surface area (Å²) in [5.74, 6) is -1.26. The Bertz CT molecular complexity index is 399. The minimum absolute atomic E-state index is 0.184. The standard InChI is InChI=1S/C15H31N5O3/c1-9(2)8-12(20-14(22)10(3)17)15(23)19-11(13(18)21)6-4-5-7-16/h9-12H,4-8,16-17H2,1-3H3,(H2,18,21)(H,19,23)(H,20,22). The highest BCUT2D eigenvalue weighted by Gasteiger charge is 2.26. The second-order valence-corrected chi connectivity index (χ2v) is 6.23. The summed E-state index contributed by atoms with van der Waals surface area (Å²) in [6.07, 6.45) is 2.30. The molecule has 0 aromatic rings. The Morgan fingerprint density at radius 3 is 1.96 bits per heavy atom. The SMILES string of the molecule is CC(C)CC(NC(=O)C(C)N)C(=O)NC(CCCCN)C(N)=O. The van der Waals surface area contributed by atoms with E-state index in [0.29, 0.717) is 25.8 Å². The van der Waals surface area contributed by atoms with Gasteiger partial charge < -0.3 is 27.8 Å². The van der Waals surface area contributed by atoms with Crippen molar-refractivity contribution in [3.63, 3.8) is 0 Å². The number of unbranched alkanes of at least 4 members (excludes halogenated alkanes) is 1. The molecule has 0 aliphatic heterocycles. The molecule has 0 spiro atoms. The molecule has 0 radical (unpaired) electrons. The van der Waals surface area contributed by atoms with Gasteiger partial charge in [-0.2, -0.15) is 0 Å². The molecule has 0 saturated heterocycles. The summed E-state index contributed by atoms with van der Waals surface area (Å²) in [6.45, 7) is 5.93. The number of rotatable bonds is 11. The van der Waals surface area contributed by atoms with E-state index in [1.54, 1.807) is 6.92 Å². The predicted molar refractivity (Wildman–Crippen MR) is 89.1 cm³/mol. The van der Waals surface area contributed by atoms with Crippen molar-refractivity contribution in [2.24, 2.45) is 23.1 Å². The van der Waals surface area contributed by atoms with Crippen LogP contribution in [-0.2, 0) is 14.4 Å². The second kappa shape index (κ2) is 11.0. The van der Waals surface area contributed by atoms with Gasteiger partial charge in [0.25, 0.3) is 0 Å². The number of amides is 3. The van der Waals surface area contributed by atoms with E-state index in [1.165, 1.54) is 0 Å². The first-order valence-electron chi connectivity index (χ1n) is 8.04. The van der Waals surface area contributed by atoms with Crippen molar-refractivity contribution < 1.29 is 14.4 Å². The van der Waals surface area contributed by atoms with Crippen LogP contribution in [0.4, 0.5) is 0 Å². The van der Waals surface area contributed by atoms with Crippen molar-refractivity contribution in [2.75, 3.05) is 6.54 Å². The zero-order valence-electron chi connectivity index (χ0n) is 14.3. The molecular formula is C15H31N5O3. The van der Waals surface area contributed by atoms with Crippen molar-refractivity contribution in [2.45, 2.75) is 64.6 Å². The zero-order valence-corrected chi connectivity index (χ0v) is 14.3. The summed E-state index contributed by atoms with van der Waals surface area (Å²) in [4.78, 5) is 35.6. The Labute approximate surface area is 137 Å². The Morgan fingerprint density at radius 1 is 0.957 bits per heavy atom. The number of primary amides is 1. The molecular weight excluding hydrogens is 298 g/mol. The Balaban J connectivity index is 4.82. The lowest BCUT2D eigenvalue weighted by molar-refractivity contribution is -0.132. The summed E-state index contributed by atoms with van der Waals surface area (Å²) in [7, 11) is 0. The third-order valence-corrected chi connectivity index (χ3v) is 3.36. The van der Waals surface area contributed by atoms with Crippen LogP contribution >= 0.6 is 0 Å². The summed E-state index contributed by atoms with van der Waals surface area (Å²) in [6, 6.07) is -2.23. The van der Waals surface area contributed by atoms with E-state index in [-0.39, 0.29) is 5.92 Å². The van der Waals surface area contributed by atoms with E-state index in [1.807, 2.05) is 13.8 Å². The molecule has 3 atom stereocenters. The fraction of sp³-hybridized carbons (Fsp3) is 0.800. The highest BCUT2D eigenvalue weighted by Crippen LogP contribution is 2.07. The van der Waals surface area contributed by atoms with Crippen molar-refractivity contribution in [1.29, 1.82) is 0 Å². The maximum atomic E-state index is 12.4. The van der Waals surface area contributed by atoms with Crippen LogP contribution in [0.15, 0.2) is 0 Å². The topological polar surface area (TPSA) is 153 Å². The van der Waals surface area contributed by atoms with Crippen LogP contribution in [0.3, 0.4) is 0 Å². The monoisotopic (exact) mass is 329 g/mol. The fourth-order valence-corrected chi connectivity index (χ4v) is 2.06. The Hall–Kier alpha value is -1.67. The molecule has 0 heterocycles. The van der Waals surface area contributed by atoms with Crippen molar-refractivity contribution in [3.8, 4) is 0 Å². The molecule has 8 nitrogen and oxygen atoms in total. The molecule has 8 heteroatoms. The average Bonchev–Trinajstić information content (AvgIpc) is 2.44. The molecule has 134 valence electrons. The third-order valence-electron chi connectivity index (χ3n) is 3.36. The number of hydrogen-bond donors (Lipinski definition) is 5. The van der Waals surface area contributed by atoms with Gasteiger partial charge in [-0.15, -0.1) is 0 Å². The summed E-state index contributed by atoms with van der Waals surface area (Å²) in [5, 5.41) is 5.23.